The average Bonchev–Trinajstić information content (AvgIpc) is 3.04. The number of amides is 1. The summed E-state index contributed by atoms with van der Waals surface area (Å²) in [6.45, 7) is 0. The van der Waals surface area contributed by atoms with Crippen molar-refractivity contribution in [3.63, 3.8) is 0 Å². The number of fused-ring (bicyclic) bond motifs is 1. The molecule has 21 heavy (non-hydrogen) atoms. The standard InChI is InChI=1S/C14H16ClFN4O/c15-10-4-2-5-11(16)9(10)7-17-20-14(21)13-8-3-1-6-12(8)18-19-13/h2,4-5,7-8,12-13,18-19H,1,3,6H2,(H,20,21)/b17-7+. The number of hydrazone groups is 1. The summed E-state index contributed by atoms with van der Waals surface area (Å²) in [6.07, 6.45) is 4.45. The van der Waals surface area contributed by atoms with Crippen LogP contribution in [0.15, 0.2) is 23.3 Å². The van der Waals surface area contributed by atoms with E-state index in [-0.39, 0.29) is 28.5 Å². The van der Waals surface area contributed by atoms with Crippen LogP contribution >= 0.6 is 11.6 Å². The van der Waals surface area contributed by atoms with Crippen molar-refractivity contribution < 1.29 is 9.18 Å². The summed E-state index contributed by atoms with van der Waals surface area (Å²) in [7, 11) is 0. The van der Waals surface area contributed by atoms with Crippen molar-refractivity contribution in [3.05, 3.63) is 34.6 Å². The summed E-state index contributed by atoms with van der Waals surface area (Å²) in [6, 6.07) is 4.43. The maximum atomic E-state index is 13.5. The molecule has 2 fully saturated rings. The van der Waals surface area contributed by atoms with Crippen LogP contribution in [0.1, 0.15) is 24.8 Å². The van der Waals surface area contributed by atoms with Gasteiger partial charge in [-0.3, -0.25) is 10.2 Å². The van der Waals surface area contributed by atoms with E-state index >= 15 is 0 Å². The summed E-state index contributed by atoms with van der Waals surface area (Å²) in [5, 5.41) is 4.06. The molecule has 0 radical (unpaired) electrons. The zero-order valence-electron chi connectivity index (χ0n) is 11.3. The van der Waals surface area contributed by atoms with Crippen molar-refractivity contribution in [2.75, 3.05) is 0 Å². The Hall–Kier alpha value is -1.50. The van der Waals surface area contributed by atoms with Gasteiger partial charge in [-0.1, -0.05) is 24.1 Å². The largest absolute Gasteiger partial charge is 0.271 e. The molecular weight excluding hydrogens is 295 g/mol. The number of rotatable bonds is 3. The lowest BCUT2D eigenvalue weighted by Gasteiger charge is -2.14. The fourth-order valence-corrected chi connectivity index (χ4v) is 3.21. The molecule has 1 saturated heterocycles. The first-order valence-corrected chi connectivity index (χ1v) is 7.32. The van der Waals surface area contributed by atoms with E-state index in [1.807, 2.05) is 0 Å². The predicted octanol–water partition coefficient (Wildman–Crippen LogP) is 1.57. The van der Waals surface area contributed by atoms with Gasteiger partial charge in [0.05, 0.1) is 11.2 Å². The van der Waals surface area contributed by atoms with Crippen LogP contribution in [0.2, 0.25) is 5.02 Å². The van der Waals surface area contributed by atoms with E-state index in [2.05, 4.69) is 21.4 Å². The molecule has 0 bridgehead atoms. The van der Waals surface area contributed by atoms with Crippen LogP contribution in [-0.2, 0) is 4.79 Å². The van der Waals surface area contributed by atoms with Crippen LogP contribution in [0.3, 0.4) is 0 Å². The van der Waals surface area contributed by atoms with E-state index in [0.29, 0.717) is 6.04 Å². The molecule has 3 rings (SSSR count). The van der Waals surface area contributed by atoms with E-state index in [9.17, 15) is 9.18 Å². The van der Waals surface area contributed by atoms with Crippen molar-refractivity contribution in [2.24, 2.45) is 11.0 Å². The molecule has 1 aliphatic heterocycles. The van der Waals surface area contributed by atoms with Gasteiger partial charge in [-0.05, 0) is 25.0 Å². The Kier molecular flexibility index (Phi) is 4.19. The van der Waals surface area contributed by atoms with E-state index in [4.69, 9.17) is 11.6 Å². The minimum atomic E-state index is -0.475. The number of hydrazine groups is 1. The molecule has 3 N–H and O–H groups in total. The van der Waals surface area contributed by atoms with Gasteiger partial charge in [0.1, 0.15) is 11.9 Å². The maximum absolute atomic E-state index is 13.5. The molecule has 1 saturated carbocycles. The normalized spacial score (nSPS) is 28.0. The molecule has 5 nitrogen and oxygen atoms in total. The lowest BCUT2D eigenvalue weighted by molar-refractivity contribution is -0.123. The Morgan fingerprint density at radius 2 is 2.29 bits per heavy atom. The maximum Gasteiger partial charge on any atom is 0.258 e. The highest BCUT2D eigenvalue weighted by molar-refractivity contribution is 6.33. The predicted molar refractivity (Wildman–Crippen MR) is 78.3 cm³/mol. The fraction of sp³-hybridized carbons (Fsp3) is 0.429. The van der Waals surface area contributed by atoms with E-state index < -0.39 is 5.82 Å². The van der Waals surface area contributed by atoms with Crippen molar-refractivity contribution in [3.8, 4) is 0 Å². The number of benzene rings is 1. The molecule has 3 unspecified atom stereocenters. The molecule has 112 valence electrons. The molecule has 7 heteroatoms. The topological polar surface area (TPSA) is 65.5 Å². The second-order valence-electron chi connectivity index (χ2n) is 5.34. The summed E-state index contributed by atoms with van der Waals surface area (Å²) < 4.78 is 13.5. The Balaban J connectivity index is 1.62. The first-order valence-electron chi connectivity index (χ1n) is 6.95. The first-order chi connectivity index (χ1) is 10.2. The highest BCUT2D eigenvalue weighted by atomic mass is 35.5. The monoisotopic (exact) mass is 310 g/mol. The Morgan fingerprint density at radius 3 is 3.10 bits per heavy atom. The van der Waals surface area contributed by atoms with Gasteiger partial charge in [0.25, 0.3) is 5.91 Å². The van der Waals surface area contributed by atoms with E-state index in [1.165, 1.54) is 18.3 Å². The third kappa shape index (κ3) is 2.92. The van der Waals surface area contributed by atoms with Crippen LogP contribution in [0.25, 0.3) is 0 Å². The number of nitrogens with zero attached hydrogens (tertiary/aromatic N) is 1. The molecule has 1 aromatic carbocycles. The van der Waals surface area contributed by atoms with Gasteiger partial charge in [0.15, 0.2) is 0 Å². The highest BCUT2D eigenvalue weighted by Gasteiger charge is 2.42. The number of halogens is 2. The lowest BCUT2D eigenvalue weighted by Crippen LogP contribution is -2.44. The smallest absolute Gasteiger partial charge is 0.258 e. The third-order valence-corrected chi connectivity index (χ3v) is 4.40. The molecule has 3 atom stereocenters. The fourth-order valence-electron chi connectivity index (χ4n) is 2.99. The van der Waals surface area contributed by atoms with Crippen LogP contribution < -0.4 is 16.3 Å². The average molecular weight is 311 g/mol. The zero-order chi connectivity index (χ0) is 14.8. The second-order valence-corrected chi connectivity index (χ2v) is 5.74. The number of hydrogen-bond acceptors (Lipinski definition) is 4. The van der Waals surface area contributed by atoms with Gasteiger partial charge in [0.2, 0.25) is 0 Å². The SMILES string of the molecule is O=C(N/N=C/c1c(F)cccc1Cl)C1NNC2CCCC21. The Morgan fingerprint density at radius 1 is 1.43 bits per heavy atom. The van der Waals surface area contributed by atoms with Gasteiger partial charge in [-0.25, -0.2) is 15.2 Å². The molecular formula is C14H16ClFN4O. The Bertz CT molecular complexity index is 560. The number of carbonyl (C=O) groups is 1. The minimum absolute atomic E-state index is 0.163. The molecule has 2 aliphatic rings. The Labute approximate surface area is 126 Å². The van der Waals surface area contributed by atoms with Gasteiger partial charge in [-0.2, -0.15) is 5.10 Å². The number of nitrogens with one attached hydrogen (secondary N) is 3. The quantitative estimate of drug-likeness (QED) is 0.586. The molecule has 0 spiro atoms. The van der Waals surface area contributed by atoms with Gasteiger partial charge < -0.3 is 0 Å². The summed E-state index contributed by atoms with van der Waals surface area (Å²) in [4.78, 5) is 12.1. The third-order valence-electron chi connectivity index (χ3n) is 4.07. The molecule has 1 aliphatic carbocycles. The lowest BCUT2D eigenvalue weighted by atomic mass is 9.97. The van der Waals surface area contributed by atoms with Gasteiger partial charge in [-0.15, -0.1) is 0 Å². The molecule has 1 aromatic rings. The zero-order valence-corrected chi connectivity index (χ0v) is 12.0. The van der Waals surface area contributed by atoms with Crippen LogP contribution in [0.5, 0.6) is 0 Å². The summed E-state index contributed by atoms with van der Waals surface area (Å²) in [5.74, 6) is -0.408. The second kappa shape index (κ2) is 6.09. The van der Waals surface area contributed by atoms with Crippen LogP contribution in [-0.4, -0.2) is 24.2 Å². The van der Waals surface area contributed by atoms with E-state index in [1.54, 1.807) is 6.07 Å². The van der Waals surface area contributed by atoms with Crippen molar-refractivity contribution in [1.29, 1.82) is 0 Å². The minimum Gasteiger partial charge on any atom is -0.271 e. The highest BCUT2D eigenvalue weighted by Crippen LogP contribution is 2.31. The van der Waals surface area contributed by atoms with Crippen molar-refractivity contribution in [2.45, 2.75) is 31.3 Å². The molecule has 1 amide bonds. The summed E-state index contributed by atoms with van der Waals surface area (Å²) in [5.41, 5.74) is 8.73. The van der Waals surface area contributed by atoms with Gasteiger partial charge >= 0.3 is 0 Å². The van der Waals surface area contributed by atoms with Crippen molar-refractivity contribution >= 4 is 23.7 Å². The van der Waals surface area contributed by atoms with Crippen LogP contribution in [0, 0.1) is 11.7 Å². The molecule has 1 heterocycles. The number of carbonyl (C=O) groups excluding carboxylic acids is 1. The molecule has 0 aromatic heterocycles. The van der Waals surface area contributed by atoms with E-state index in [0.717, 1.165) is 19.3 Å². The number of hydrogen-bond donors (Lipinski definition) is 3. The first kappa shape index (κ1) is 14.4. The van der Waals surface area contributed by atoms with Gasteiger partial charge in [0, 0.05) is 17.5 Å². The van der Waals surface area contributed by atoms with Crippen molar-refractivity contribution in [1.82, 2.24) is 16.3 Å². The summed E-state index contributed by atoms with van der Waals surface area (Å²) >= 11 is 5.88. The van der Waals surface area contributed by atoms with Crippen LogP contribution in [0.4, 0.5) is 4.39 Å².